The van der Waals surface area contributed by atoms with Crippen molar-refractivity contribution >= 4 is 0 Å². The molecule has 0 aliphatic heterocycles. The summed E-state index contributed by atoms with van der Waals surface area (Å²) in [5, 5.41) is 18.4. The van der Waals surface area contributed by atoms with E-state index in [2.05, 4.69) is 4.98 Å². The van der Waals surface area contributed by atoms with E-state index < -0.39 is 5.60 Å². The van der Waals surface area contributed by atoms with E-state index in [1.807, 2.05) is 0 Å². The molecule has 0 spiro atoms. The molecule has 4 nitrogen and oxygen atoms in total. The summed E-state index contributed by atoms with van der Waals surface area (Å²) in [7, 11) is 0. The molecule has 0 aliphatic rings. The molecule has 78 valence electrons. The topological polar surface area (TPSA) is 62.6 Å². The minimum Gasteiger partial charge on any atom is -0.493 e. The monoisotopic (exact) mass is 197 g/mol. The number of pyridine rings is 1. The van der Waals surface area contributed by atoms with Crippen LogP contribution in [0.5, 0.6) is 11.6 Å². The molecule has 4 heteroatoms. The van der Waals surface area contributed by atoms with Crippen molar-refractivity contribution in [2.75, 3.05) is 6.61 Å². The average Bonchev–Trinajstić information content (AvgIpc) is 2.01. The normalized spacial score (nSPS) is 11.4. The van der Waals surface area contributed by atoms with Gasteiger partial charge >= 0.3 is 0 Å². The Balaban J connectivity index is 2.39. The minimum atomic E-state index is -0.727. The Bertz CT molecular complexity index is 294. The summed E-state index contributed by atoms with van der Waals surface area (Å²) in [5.41, 5.74) is -0.727. The van der Waals surface area contributed by atoms with Crippen LogP contribution in [0.25, 0.3) is 0 Å². The van der Waals surface area contributed by atoms with E-state index in [0.717, 1.165) is 0 Å². The summed E-state index contributed by atoms with van der Waals surface area (Å²) in [6.45, 7) is 3.85. The summed E-state index contributed by atoms with van der Waals surface area (Å²) < 4.78 is 5.30. The Labute approximate surface area is 83.2 Å². The van der Waals surface area contributed by atoms with Crippen molar-refractivity contribution in [3.8, 4) is 11.6 Å². The van der Waals surface area contributed by atoms with Crippen molar-refractivity contribution in [2.45, 2.75) is 25.9 Å². The molecule has 0 bridgehead atoms. The maximum absolute atomic E-state index is 9.41. The van der Waals surface area contributed by atoms with Crippen molar-refractivity contribution in [2.24, 2.45) is 0 Å². The number of rotatable bonds is 4. The van der Waals surface area contributed by atoms with Crippen molar-refractivity contribution in [1.29, 1.82) is 0 Å². The fourth-order valence-electron chi connectivity index (χ4n) is 0.908. The van der Waals surface area contributed by atoms with Crippen molar-refractivity contribution in [3.63, 3.8) is 0 Å². The number of aromatic hydroxyl groups is 1. The molecule has 1 heterocycles. The number of aromatic nitrogens is 1. The van der Waals surface area contributed by atoms with Gasteiger partial charge in [-0.05, 0) is 19.9 Å². The first-order valence-corrected chi connectivity index (χ1v) is 4.47. The first-order valence-electron chi connectivity index (χ1n) is 4.47. The van der Waals surface area contributed by atoms with Crippen LogP contribution >= 0.6 is 0 Å². The van der Waals surface area contributed by atoms with Crippen LogP contribution in [0.15, 0.2) is 18.3 Å². The SMILES string of the molecule is CC(C)(O)CCOc1ccnc(O)c1. The predicted molar refractivity (Wildman–Crippen MR) is 52.3 cm³/mol. The fourth-order valence-corrected chi connectivity index (χ4v) is 0.908. The van der Waals surface area contributed by atoms with E-state index in [9.17, 15) is 5.11 Å². The van der Waals surface area contributed by atoms with Crippen molar-refractivity contribution in [3.05, 3.63) is 18.3 Å². The van der Waals surface area contributed by atoms with E-state index in [1.54, 1.807) is 19.9 Å². The Morgan fingerprint density at radius 1 is 1.50 bits per heavy atom. The Morgan fingerprint density at radius 2 is 2.21 bits per heavy atom. The summed E-state index contributed by atoms with van der Waals surface area (Å²) >= 11 is 0. The fraction of sp³-hybridized carbons (Fsp3) is 0.500. The minimum absolute atomic E-state index is 0.0641. The van der Waals surface area contributed by atoms with E-state index in [1.165, 1.54) is 12.3 Å². The number of aliphatic hydroxyl groups is 1. The van der Waals surface area contributed by atoms with Crippen LogP contribution in [0.1, 0.15) is 20.3 Å². The van der Waals surface area contributed by atoms with Crippen LogP contribution in [0, 0.1) is 0 Å². The molecule has 14 heavy (non-hydrogen) atoms. The lowest BCUT2D eigenvalue weighted by Crippen LogP contribution is -2.21. The van der Waals surface area contributed by atoms with Gasteiger partial charge in [0.15, 0.2) is 0 Å². The second-order valence-corrected chi connectivity index (χ2v) is 3.76. The molecular formula is C10H15NO3. The molecule has 1 aromatic rings. The summed E-state index contributed by atoms with van der Waals surface area (Å²) in [4.78, 5) is 3.62. The highest BCUT2D eigenvalue weighted by atomic mass is 16.5. The third kappa shape index (κ3) is 4.09. The molecule has 1 aromatic heterocycles. The maximum atomic E-state index is 9.41. The van der Waals surface area contributed by atoms with Crippen LogP contribution in [0.3, 0.4) is 0 Å². The highest BCUT2D eigenvalue weighted by Crippen LogP contribution is 2.16. The van der Waals surface area contributed by atoms with E-state index in [-0.39, 0.29) is 5.88 Å². The lowest BCUT2D eigenvalue weighted by molar-refractivity contribution is 0.0553. The number of hydrogen-bond acceptors (Lipinski definition) is 4. The highest BCUT2D eigenvalue weighted by Gasteiger charge is 2.11. The lowest BCUT2D eigenvalue weighted by atomic mass is 10.1. The average molecular weight is 197 g/mol. The molecule has 2 N–H and O–H groups in total. The molecule has 0 atom stereocenters. The zero-order valence-electron chi connectivity index (χ0n) is 8.40. The first kappa shape index (κ1) is 10.8. The van der Waals surface area contributed by atoms with Gasteiger partial charge in [-0.15, -0.1) is 0 Å². The van der Waals surface area contributed by atoms with Gasteiger partial charge in [-0.25, -0.2) is 4.98 Å². The van der Waals surface area contributed by atoms with Gasteiger partial charge in [0.05, 0.1) is 12.2 Å². The second-order valence-electron chi connectivity index (χ2n) is 3.76. The zero-order valence-corrected chi connectivity index (χ0v) is 8.40. The summed E-state index contributed by atoms with van der Waals surface area (Å²) in [5.74, 6) is 0.493. The van der Waals surface area contributed by atoms with Crippen LogP contribution in [-0.4, -0.2) is 27.4 Å². The van der Waals surface area contributed by atoms with E-state index >= 15 is 0 Å². The third-order valence-electron chi connectivity index (χ3n) is 1.70. The molecule has 1 rings (SSSR count). The van der Waals surface area contributed by atoms with E-state index in [4.69, 9.17) is 9.84 Å². The number of ether oxygens (including phenoxy) is 1. The van der Waals surface area contributed by atoms with Crippen molar-refractivity contribution < 1.29 is 14.9 Å². The predicted octanol–water partition coefficient (Wildman–Crippen LogP) is 1.33. The van der Waals surface area contributed by atoms with Gasteiger partial charge in [0.25, 0.3) is 0 Å². The molecule has 0 aliphatic carbocycles. The summed E-state index contributed by atoms with van der Waals surface area (Å²) in [6.07, 6.45) is 2.00. The maximum Gasteiger partial charge on any atom is 0.214 e. The van der Waals surface area contributed by atoms with Crippen molar-refractivity contribution in [1.82, 2.24) is 4.98 Å². The Kier molecular flexibility index (Phi) is 3.30. The molecule has 0 amide bonds. The van der Waals surface area contributed by atoms with Gasteiger partial charge in [0, 0.05) is 18.7 Å². The molecule has 0 radical (unpaired) electrons. The van der Waals surface area contributed by atoms with Crippen LogP contribution in [0.4, 0.5) is 0 Å². The number of hydrogen-bond donors (Lipinski definition) is 2. The lowest BCUT2D eigenvalue weighted by Gasteiger charge is -2.16. The molecule has 0 saturated carbocycles. The quantitative estimate of drug-likeness (QED) is 0.764. The molecule has 0 unspecified atom stereocenters. The Morgan fingerprint density at radius 3 is 2.79 bits per heavy atom. The largest absolute Gasteiger partial charge is 0.493 e. The van der Waals surface area contributed by atoms with Gasteiger partial charge in [-0.3, -0.25) is 0 Å². The highest BCUT2D eigenvalue weighted by molar-refractivity contribution is 5.24. The van der Waals surface area contributed by atoms with Gasteiger partial charge in [-0.1, -0.05) is 0 Å². The van der Waals surface area contributed by atoms with Crippen LogP contribution < -0.4 is 4.74 Å². The molecular weight excluding hydrogens is 182 g/mol. The zero-order chi connectivity index (χ0) is 10.6. The number of nitrogens with zero attached hydrogens (tertiary/aromatic N) is 1. The molecule has 0 fully saturated rings. The standard InChI is InChI=1S/C10H15NO3/c1-10(2,13)4-6-14-8-3-5-11-9(12)7-8/h3,5,7,13H,4,6H2,1-2H3,(H,11,12). The summed E-state index contributed by atoms with van der Waals surface area (Å²) in [6, 6.07) is 3.09. The van der Waals surface area contributed by atoms with Gasteiger partial charge in [-0.2, -0.15) is 0 Å². The van der Waals surface area contributed by atoms with Crippen LogP contribution in [0.2, 0.25) is 0 Å². The van der Waals surface area contributed by atoms with Gasteiger partial charge in [0.1, 0.15) is 5.75 Å². The molecule has 0 aromatic carbocycles. The Hall–Kier alpha value is -1.29. The van der Waals surface area contributed by atoms with Gasteiger partial charge < -0.3 is 14.9 Å². The second kappa shape index (κ2) is 4.28. The third-order valence-corrected chi connectivity index (χ3v) is 1.70. The smallest absolute Gasteiger partial charge is 0.214 e. The molecule has 0 saturated heterocycles. The van der Waals surface area contributed by atoms with Gasteiger partial charge in [0.2, 0.25) is 5.88 Å². The first-order chi connectivity index (χ1) is 6.47. The van der Waals surface area contributed by atoms with Crippen LogP contribution in [-0.2, 0) is 0 Å². The van der Waals surface area contributed by atoms with E-state index in [0.29, 0.717) is 18.8 Å².